The summed E-state index contributed by atoms with van der Waals surface area (Å²) in [5.41, 5.74) is 1.28. The molecule has 0 spiro atoms. The maximum Gasteiger partial charge on any atom is 0.270 e. The van der Waals surface area contributed by atoms with Gasteiger partial charge in [0.2, 0.25) is 0 Å². The first-order valence-electron chi connectivity index (χ1n) is 8.77. The first-order valence-corrected chi connectivity index (χ1v) is 8.77. The minimum Gasteiger partial charge on any atom is -0.378 e. The molecule has 26 heavy (non-hydrogen) atoms. The Labute approximate surface area is 151 Å². The molecule has 0 unspecified atom stereocenters. The van der Waals surface area contributed by atoms with E-state index in [0.717, 1.165) is 10.9 Å². The summed E-state index contributed by atoms with van der Waals surface area (Å²) in [6.45, 7) is 2.52. The summed E-state index contributed by atoms with van der Waals surface area (Å²) in [5, 5.41) is 1.42. The van der Waals surface area contributed by atoms with Gasteiger partial charge in [0.25, 0.3) is 11.5 Å². The molecule has 1 fully saturated rings. The Bertz CT molecular complexity index is 989. The summed E-state index contributed by atoms with van der Waals surface area (Å²) >= 11 is 0. The van der Waals surface area contributed by atoms with Gasteiger partial charge in [0.05, 0.1) is 19.8 Å². The van der Waals surface area contributed by atoms with Crippen LogP contribution in [0.4, 0.5) is 0 Å². The average molecular weight is 348 g/mol. The van der Waals surface area contributed by atoms with Crippen LogP contribution in [-0.4, -0.2) is 41.7 Å². The number of amides is 1. The van der Waals surface area contributed by atoms with E-state index in [1.807, 2.05) is 60.7 Å². The van der Waals surface area contributed by atoms with Gasteiger partial charge >= 0.3 is 0 Å². The van der Waals surface area contributed by atoms with E-state index < -0.39 is 0 Å². The van der Waals surface area contributed by atoms with Crippen molar-refractivity contribution >= 4 is 16.7 Å². The standard InChI is InChI=1S/C21H20N2O3/c24-20-18-9-5-4-8-17(18)14-19(21(25)22-10-12-26-13-11-22)23(20)15-16-6-2-1-3-7-16/h1-9,14H,10-13,15H2. The van der Waals surface area contributed by atoms with E-state index in [0.29, 0.717) is 43.9 Å². The lowest BCUT2D eigenvalue weighted by Gasteiger charge is -2.28. The number of hydrogen-bond acceptors (Lipinski definition) is 3. The molecule has 5 nitrogen and oxygen atoms in total. The van der Waals surface area contributed by atoms with Crippen molar-refractivity contribution in [2.45, 2.75) is 6.54 Å². The summed E-state index contributed by atoms with van der Waals surface area (Å²) in [6.07, 6.45) is 0. The monoisotopic (exact) mass is 348 g/mol. The molecule has 3 aromatic rings. The first-order chi connectivity index (χ1) is 12.7. The topological polar surface area (TPSA) is 51.5 Å². The number of morpholine rings is 1. The van der Waals surface area contributed by atoms with E-state index in [1.165, 1.54) is 0 Å². The normalized spacial score (nSPS) is 14.5. The third-order valence-electron chi connectivity index (χ3n) is 4.72. The number of nitrogens with zero attached hydrogens (tertiary/aromatic N) is 2. The van der Waals surface area contributed by atoms with Crippen molar-refractivity contribution in [3.8, 4) is 0 Å². The van der Waals surface area contributed by atoms with Crippen LogP contribution >= 0.6 is 0 Å². The summed E-state index contributed by atoms with van der Waals surface area (Å²) in [5.74, 6) is -0.118. The van der Waals surface area contributed by atoms with Crippen LogP contribution < -0.4 is 5.56 Å². The SMILES string of the molecule is O=C(c1cc2ccccc2c(=O)n1Cc1ccccc1)N1CCOCC1. The van der Waals surface area contributed by atoms with Crippen LogP contribution in [0.3, 0.4) is 0 Å². The Hall–Kier alpha value is -2.92. The number of carbonyl (C=O) groups is 1. The Kier molecular flexibility index (Phi) is 4.54. The van der Waals surface area contributed by atoms with E-state index in [-0.39, 0.29) is 11.5 Å². The summed E-state index contributed by atoms with van der Waals surface area (Å²) < 4.78 is 6.94. The van der Waals surface area contributed by atoms with Gasteiger partial charge in [-0.05, 0) is 23.1 Å². The molecule has 2 heterocycles. The lowest BCUT2D eigenvalue weighted by molar-refractivity contribution is 0.0295. The predicted octanol–water partition coefficient (Wildman–Crippen LogP) is 2.52. The molecular weight excluding hydrogens is 328 g/mol. The molecule has 1 amide bonds. The smallest absolute Gasteiger partial charge is 0.270 e. The molecule has 132 valence electrons. The molecule has 0 atom stereocenters. The van der Waals surface area contributed by atoms with Gasteiger partial charge in [0.1, 0.15) is 5.69 Å². The fourth-order valence-electron chi connectivity index (χ4n) is 3.33. The number of aromatic nitrogens is 1. The second-order valence-corrected chi connectivity index (χ2v) is 6.40. The Balaban J connectivity index is 1.84. The zero-order valence-corrected chi connectivity index (χ0v) is 14.4. The fourth-order valence-corrected chi connectivity index (χ4v) is 3.33. The molecule has 1 saturated heterocycles. The Morgan fingerprint density at radius 3 is 2.42 bits per heavy atom. The maximum absolute atomic E-state index is 13.1. The van der Waals surface area contributed by atoms with Crippen molar-refractivity contribution in [1.82, 2.24) is 9.47 Å². The van der Waals surface area contributed by atoms with Gasteiger partial charge < -0.3 is 9.64 Å². The van der Waals surface area contributed by atoms with E-state index in [1.54, 1.807) is 9.47 Å². The van der Waals surface area contributed by atoms with Gasteiger partial charge in [-0.25, -0.2) is 0 Å². The number of rotatable bonds is 3. The van der Waals surface area contributed by atoms with Crippen molar-refractivity contribution < 1.29 is 9.53 Å². The van der Waals surface area contributed by atoms with Crippen LogP contribution in [0.15, 0.2) is 65.5 Å². The van der Waals surface area contributed by atoms with Gasteiger partial charge in [-0.3, -0.25) is 14.2 Å². The molecule has 0 saturated carbocycles. The summed E-state index contributed by atoms with van der Waals surface area (Å²) in [6, 6.07) is 19.0. The highest BCUT2D eigenvalue weighted by atomic mass is 16.5. The largest absolute Gasteiger partial charge is 0.378 e. The molecule has 2 aromatic carbocycles. The van der Waals surface area contributed by atoms with Gasteiger partial charge in [0, 0.05) is 18.5 Å². The highest BCUT2D eigenvalue weighted by molar-refractivity contribution is 5.96. The highest BCUT2D eigenvalue weighted by Crippen LogP contribution is 2.16. The molecular formula is C21H20N2O3. The fraction of sp³-hybridized carbons (Fsp3) is 0.238. The van der Waals surface area contributed by atoms with Gasteiger partial charge in [-0.15, -0.1) is 0 Å². The minimum atomic E-state index is -0.136. The van der Waals surface area contributed by atoms with Gasteiger partial charge in [-0.1, -0.05) is 48.5 Å². The number of fused-ring (bicyclic) bond motifs is 1. The molecule has 0 N–H and O–H groups in total. The van der Waals surface area contributed by atoms with Crippen molar-refractivity contribution in [3.05, 3.63) is 82.3 Å². The molecule has 5 heteroatoms. The van der Waals surface area contributed by atoms with Gasteiger partial charge in [-0.2, -0.15) is 0 Å². The van der Waals surface area contributed by atoms with Crippen molar-refractivity contribution in [1.29, 1.82) is 0 Å². The first kappa shape index (κ1) is 16.5. The molecule has 0 aliphatic carbocycles. The number of ether oxygens (including phenoxy) is 1. The molecule has 1 aliphatic heterocycles. The Morgan fingerprint density at radius 1 is 0.962 bits per heavy atom. The van der Waals surface area contributed by atoms with E-state index >= 15 is 0 Å². The van der Waals surface area contributed by atoms with Crippen LogP contribution in [0.25, 0.3) is 10.8 Å². The third kappa shape index (κ3) is 3.13. The van der Waals surface area contributed by atoms with E-state index in [4.69, 9.17) is 4.74 Å². The van der Waals surface area contributed by atoms with Crippen LogP contribution in [0.1, 0.15) is 16.1 Å². The molecule has 0 bridgehead atoms. The summed E-state index contributed by atoms with van der Waals surface area (Å²) in [7, 11) is 0. The van der Waals surface area contributed by atoms with Crippen molar-refractivity contribution in [2.75, 3.05) is 26.3 Å². The molecule has 1 aromatic heterocycles. The summed E-state index contributed by atoms with van der Waals surface area (Å²) in [4.78, 5) is 28.0. The maximum atomic E-state index is 13.1. The number of benzene rings is 2. The zero-order valence-electron chi connectivity index (χ0n) is 14.4. The quantitative estimate of drug-likeness (QED) is 0.731. The second-order valence-electron chi connectivity index (χ2n) is 6.40. The lowest BCUT2D eigenvalue weighted by atomic mass is 10.1. The predicted molar refractivity (Wildman–Crippen MR) is 100 cm³/mol. The molecule has 4 rings (SSSR count). The number of hydrogen-bond donors (Lipinski definition) is 0. The van der Waals surface area contributed by atoms with E-state index in [2.05, 4.69) is 0 Å². The van der Waals surface area contributed by atoms with Crippen LogP contribution in [0, 0.1) is 0 Å². The minimum absolute atomic E-state index is 0.118. The van der Waals surface area contributed by atoms with Crippen molar-refractivity contribution in [3.63, 3.8) is 0 Å². The zero-order chi connectivity index (χ0) is 17.9. The van der Waals surface area contributed by atoms with Crippen LogP contribution in [0.2, 0.25) is 0 Å². The second kappa shape index (κ2) is 7.14. The van der Waals surface area contributed by atoms with Crippen LogP contribution in [-0.2, 0) is 11.3 Å². The average Bonchev–Trinajstić information content (AvgIpc) is 2.71. The molecule has 0 radical (unpaired) electrons. The third-order valence-corrected chi connectivity index (χ3v) is 4.72. The van der Waals surface area contributed by atoms with Crippen molar-refractivity contribution in [2.24, 2.45) is 0 Å². The highest BCUT2D eigenvalue weighted by Gasteiger charge is 2.23. The number of pyridine rings is 1. The van der Waals surface area contributed by atoms with Crippen LogP contribution in [0.5, 0.6) is 0 Å². The van der Waals surface area contributed by atoms with E-state index in [9.17, 15) is 9.59 Å². The number of carbonyl (C=O) groups excluding carboxylic acids is 1. The lowest BCUT2D eigenvalue weighted by Crippen LogP contribution is -2.43. The molecule has 1 aliphatic rings. The van der Waals surface area contributed by atoms with Gasteiger partial charge in [0.15, 0.2) is 0 Å². The Morgan fingerprint density at radius 2 is 1.65 bits per heavy atom.